The summed E-state index contributed by atoms with van der Waals surface area (Å²) in [6.07, 6.45) is 1.65. The lowest BCUT2D eigenvalue weighted by Gasteiger charge is -2.13. The molecule has 0 bridgehead atoms. The molecular weight excluding hydrogens is 248 g/mol. The standard InChI is InChI=1S/C12H22N4O3/c1-5-18-12(19-6-2)10-9-16(14-13-10)8-7-11(17)15(3)4/h9,12H,5-8H2,1-4H3. The van der Waals surface area contributed by atoms with E-state index in [2.05, 4.69) is 10.3 Å². The van der Waals surface area contributed by atoms with Crippen molar-refractivity contribution in [1.29, 1.82) is 0 Å². The molecule has 0 aromatic carbocycles. The Labute approximate surface area is 113 Å². The number of hydrogen-bond acceptors (Lipinski definition) is 5. The minimum absolute atomic E-state index is 0.0585. The fraction of sp³-hybridized carbons (Fsp3) is 0.750. The van der Waals surface area contributed by atoms with Crippen LogP contribution in [0.2, 0.25) is 0 Å². The van der Waals surface area contributed by atoms with E-state index in [9.17, 15) is 4.79 Å². The Morgan fingerprint density at radius 1 is 1.37 bits per heavy atom. The van der Waals surface area contributed by atoms with E-state index < -0.39 is 6.29 Å². The topological polar surface area (TPSA) is 69.5 Å². The molecule has 0 aliphatic carbocycles. The maximum atomic E-state index is 11.5. The molecule has 0 N–H and O–H groups in total. The highest BCUT2D eigenvalue weighted by Crippen LogP contribution is 2.15. The van der Waals surface area contributed by atoms with Crippen LogP contribution in [-0.2, 0) is 20.8 Å². The fourth-order valence-corrected chi connectivity index (χ4v) is 1.49. The summed E-state index contributed by atoms with van der Waals surface area (Å²) in [6.45, 7) is 5.36. The molecular formula is C12H22N4O3. The minimum atomic E-state index is -0.492. The minimum Gasteiger partial charge on any atom is -0.349 e. The Morgan fingerprint density at radius 3 is 2.53 bits per heavy atom. The Hall–Kier alpha value is -1.47. The molecule has 19 heavy (non-hydrogen) atoms. The molecule has 1 aromatic heterocycles. The molecule has 1 heterocycles. The molecule has 0 radical (unpaired) electrons. The summed E-state index contributed by atoms with van der Waals surface area (Å²) in [5.41, 5.74) is 0.626. The number of aryl methyl sites for hydroxylation is 1. The Kier molecular flexibility index (Phi) is 6.44. The van der Waals surface area contributed by atoms with Gasteiger partial charge in [-0.2, -0.15) is 0 Å². The monoisotopic (exact) mass is 270 g/mol. The number of nitrogens with zero attached hydrogens (tertiary/aromatic N) is 4. The highest BCUT2D eigenvalue weighted by Gasteiger charge is 2.16. The van der Waals surface area contributed by atoms with Crippen molar-refractivity contribution < 1.29 is 14.3 Å². The van der Waals surface area contributed by atoms with Crippen molar-refractivity contribution in [3.05, 3.63) is 11.9 Å². The van der Waals surface area contributed by atoms with Crippen molar-refractivity contribution in [2.24, 2.45) is 0 Å². The predicted molar refractivity (Wildman–Crippen MR) is 69.3 cm³/mol. The molecule has 7 heteroatoms. The molecule has 0 saturated heterocycles. The van der Waals surface area contributed by atoms with Crippen LogP contribution in [0.5, 0.6) is 0 Å². The Bertz CT molecular complexity index is 386. The SMILES string of the molecule is CCOC(OCC)c1cn(CCC(=O)N(C)C)nn1. The summed E-state index contributed by atoms with van der Waals surface area (Å²) in [5, 5.41) is 7.98. The molecule has 0 spiro atoms. The number of hydrogen-bond donors (Lipinski definition) is 0. The summed E-state index contributed by atoms with van der Waals surface area (Å²) >= 11 is 0. The van der Waals surface area contributed by atoms with Gasteiger partial charge in [0.15, 0.2) is 0 Å². The van der Waals surface area contributed by atoms with E-state index in [4.69, 9.17) is 9.47 Å². The summed E-state index contributed by atoms with van der Waals surface area (Å²) in [6, 6.07) is 0. The summed E-state index contributed by atoms with van der Waals surface area (Å²) in [7, 11) is 3.46. The lowest BCUT2D eigenvalue weighted by molar-refractivity contribution is -0.142. The van der Waals surface area contributed by atoms with Crippen LogP contribution in [0.1, 0.15) is 32.3 Å². The van der Waals surface area contributed by atoms with E-state index in [1.54, 1.807) is 29.9 Å². The zero-order valence-corrected chi connectivity index (χ0v) is 12.0. The normalized spacial score (nSPS) is 11.0. The van der Waals surface area contributed by atoms with E-state index >= 15 is 0 Å². The van der Waals surface area contributed by atoms with Crippen molar-refractivity contribution >= 4 is 5.91 Å². The van der Waals surface area contributed by atoms with Crippen molar-refractivity contribution in [3.8, 4) is 0 Å². The zero-order valence-electron chi connectivity index (χ0n) is 12.0. The number of carbonyl (C=O) groups excluding carboxylic acids is 1. The smallest absolute Gasteiger partial charge is 0.223 e. The van der Waals surface area contributed by atoms with Gasteiger partial charge < -0.3 is 14.4 Å². The number of amides is 1. The average molecular weight is 270 g/mol. The second-order valence-electron chi connectivity index (χ2n) is 4.19. The Morgan fingerprint density at radius 2 is 2.00 bits per heavy atom. The third-order valence-electron chi connectivity index (χ3n) is 2.49. The van der Waals surface area contributed by atoms with E-state index in [0.29, 0.717) is 31.9 Å². The molecule has 1 amide bonds. The fourth-order valence-electron chi connectivity index (χ4n) is 1.49. The number of carbonyl (C=O) groups is 1. The van der Waals surface area contributed by atoms with Gasteiger partial charge in [0.05, 0.1) is 12.7 Å². The first-order valence-electron chi connectivity index (χ1n) is 6.41. The predicted octanol–water partition coefficient (Wildman–Crippen LogP) is 0.828. The third-order valence-corrected chi connectivity index (χ3v) is 2.49. The first-order chi connectivity index (χ1) is 9.08. The molecule has 0 aliphatic heterocycles. The zero-order chi connectivity index (χ0) is 14.3. The number of rotatable bonds is 8. The van der Waals surface area contributed by atoms with E-state index in [0.717, 1.165) is 0 Å². The second-order valence-corrected chi connectivity index (χ2v) is 4.19. The van der Waals surface area contributed by atoms with Gasteiger partial charge in [0, 0.05) is 33.7 Å². The van der Waals surface area contributed by atoms with Crippen molar-refractivity contribution in [2.45, 2.75) is 33.1 Å². The number of aromatic nitrogens is 3. The maximum absolute atomic E-state index is 11.5. The van der Waals surface area contributed by atoms with Gasteiger partial charge in [0.2, 0.25) is 12.2 Å². The first kappa shape index (κ1) is 15.6. The summed E-state index contributed by atoms with van der Waals surface area (Å²) in [4.78, 5) is 13.0. The molecule has 7 nitrogen and oxygen atoms in total. The van der Waals surface area contributed by atoms with Crippen LogP contribution in [0.25, 0.3) is 0 Å². The van der Waals surface area contributed by atoms with Crippen LogP contribution in [0.15, 0.2) is 6.20 Å². The van der Waals surface area contributed by atoms with Crippen LogP contribution < -0.4 is 0 Å². The lowest BCUT2D eigenvalue weighted by atomic mass is 10.4. The second kappa shape index (κ2) is 7.85. The van der Waals surface area contributed by atoms with Gasteiger partial charge in [0.1, 0.15) is 5.69 Å². The highest BCUT2D eigenvalue weighted by atomic mass is 16.7. The molecule has 1 rings (SSSR count). The van der Waals surface area contributed by atoms with Crippen LogP contribution in [0.4, 0.5) is 0 Å². The Balaban J connectivity index is 2.57. The quantitative estimate of drug-likeness (QED) is 0.654. The molecule has 0 fully saturated rings. The van der Waals surface area contributed by atoms with Gasteiger partial charge >= 0.3 is 0 Å². The van der Waals surface area contributed by atoms with E-state index in [-0.39, 0.29) is 5.91 Å². The van der Waals surface area contributed by atoms with Gasteiger partial charge in [-0.15, -0.1) is 5.10 Å². The number of ether oxygens (including phenoxy) is 2. The third kappa shape index (κ3) is 4.96. The molecule has 1 aromatic rings. The van der Waals surface area contributed by atoms with Gasteiger partial charge in [0.25, 0.3) is 0 Å². The van der Waals surface area contributed by atoms with Crippen LogP contribution in [-0.4, -0.2) is 53.1 Å². The van der Waals surface area contributed by atoms with E-state index in [1.165, 1.54) is 0 Å². The van der Waals surface area contributed by atoms with Crippen molar-refractivity contribution in [2.75, 3.05) is 27.3 Å². The van der Waals surface area contributed by atoms with Crippen LogP contribution in [0, 0.1) is 0 Å². The lowest BCUT2D eigenvalue weighted by Crippen LogP contribution is -2.23. The molecule has 108 valence electrons. The maximum Gasteiger partial charge on any atom is 0.223 e. The molecule has 0 unspecified atom stereocenters. The molecule has 0 saturated carbocycles. The van der Waals surface area contributed by atoms with Crippen LogP contribution in [0.3, 0.4) is 0 Å². The van der Waals surface area contributed by atoms with Gasteiger partial charge in [-0.05, 0) is 13.8 Å². The van der Waals surface area contributed by atoms with Gasteiger partial charge in [-0.3, -0.25) is 9.48 Å². The largest absolute Gasteiger partial charge is 0.349 e. The van der Waals surface area contributed by atoms with Crippen molar-refractivity contribution in [1.82, 2.24) is 19.9 Å². The van der Waals surface area contributed by atoms with E-state index in [1.807, 2.05) is 13.8 Å². The highest BCUT2D eigenvalue weighted by molar-refractivity contribution is 5.75. The first-order valence-corrected chi connectivity index (χ1v) is 6.41. The summed E-state index contributed by atoms with van der Waals surface area (Å²) in [5.74, 6) is 0.0585. The van der Waals surface area contributed by atoms with Crippen LogP contribution >= 0.6 is 0 Å². The van der Waals surface area contributed by atoms with Crippen molar-refractivity contribution in [3.63, 3.8) is 0 Å². The van der Waals surface area contributed by atoms with Gasteiger partial charge in [-0.25, -0.2) is 0 Å². The summed E-state index contributed by atoms with van der Waals surface area (Å²) < 4.78 is 12.5. The molecule has 0 aliphatic rings. The van der Waals surface area contributed by atoms with Gasteiger partial charge in [-0.1, -0.05) is 5.21 Å². The molecule has 0 atom stereocenters. The average Bonchev–Trinajstić information content (AvgIpc) is 2.84.